The monoisotopic (exact) mass is 286 g/mol. The lowest BCUT2D eigenvalue weighted by Gasteiger charge is -2.16. The van der Waals surface area contributed by atoms with Crippen molar-refractivity contribution in [3.05, 3.63) is 23.7 Å². The second-order valence-corrected chi connectivity index (χ2v) is 5.24. The van der Waals surface area contributed by atoms with E-state index in [9.17, 15) is 9.90 Å². The lowest BCUT2D eigenvalue weighted by atomic mass is 10.3. The Balaban J connectivity index is 2.83. The van der Waals surface area contributed by atoms with Crippen LogP contribution in [0.3, 0.4) is 0 Å². The fourth-order valence-corrected chi connectivity index (χ4v) is 1.30. The van der Waals surface area contributed by atoms with E-state index < -0.39 is 15.9 Å². The molecule has 4 nitrogen and oxygen atoms in total. The summed E-state index contributed by atoms with van der Waals surface area (Å²) in [7, 11) is 0. The van der Waals surface area contributed by atoms with Crippen LogP contribution in [0.4, 0.5) is 0 Å². The van der Waals surface area contributed by atoms with Gasteiger partial charge in [0, 0.05) is 0 Å². The topological polar surface area (TPSA) is 59.7 Å². The van der Waals surface area contributed by atoms with E-state index in [0.717, 1.165) is 0 Å². The average Bonchev–Trinajstić information content (AvgIpc) is 2.64. The van der Waals surface area contributed by atoms with Gasteiger partial charge in [-0.2, -0.15) is 0 Å². The van der Waals surface area contributed by atoms with Crippen LogP contribution in [0.15, 0.2) is 16.5 Å². The van der Waals surface area contributed by atoms with Gasteiger partial charge in [-0.3, -0.25) is 0 Å². The van der Waals surface area contributed by atoms with Crippen LogP contribution in [0.1, 0.15) is 29.3 Å². The summed E-state index contributed by atoms with van der Waals surface area (Å²) in [6.07, 6.45) is -1.44. The molecule has 0 spiro atoms. The lowest BCUT2D eigenvalue weighted by molar-refractivity contribution is 0.0481. The minimum absolute atomic E-state index is 0.0111. The van der Waals surface area contributed by atoms with E-state index in [0.29, 0.717) is 0 Å². The number of aliphatic hydroxyl groups excluding tert-OH is 1. The molecular formula is C9H9Cl3O4. The smallest absolute Gasteiger partial charge is 0.374 e. The van der Waals surface area contributed by atoms with E-state index in [-0.39, 0.29) is 18.1 Å². The van der Waals surface area contributed by atoms with E-state index in [1.165, 1.54) is 12.1 Å². The van der Waals surface area contributed by atoms with Gasteiger partial charge in [0.15, 0.2) is 6.10 Å². The maximum absolute atomic E-state index is 11.2. The van der Waals surface area contributed by atoms with Crippen molar-refractivity contribution in [3.8, 4) is 0 Å². The van der Waals surface area contributed by atoms with E-state index in [4.69, 9.17) is 44.0 Å². The first-order valence-electron chi connectivity index (χ1n) is 4.38. The van der Waals surface area contributed by atoms with Crippen LogP contribution < -0.4 is 0 Å². The Hall–Kier alpha value is -0.420. The van der Waals surface area contributed by atoms with Crippen molar-refractivity contribution in [1.29, 1.82) is 0 Å². The Morgan fingerprint density at radius 2 is 2.19 bits per heavy atom. The molecule has 0 bridgehead atoms. The Labute approximate surface area is 107 Å². The standard InChI is InChI=1S/C9H9Cl3O4/c1-2-15-8(14)6-4-3-5(16-6)7(13)9(10,11)12/h3-4,7,13H,2H2,1H3/t7-/m0/s1. The molecule has 0 unspecified atom stereocenters. The maximum atomic E-state index is 11.2. The predicted molar refractivity (Wildman–Crippen MR) is 59.9 cm³/mol. The summed E-state index contributed by atoms with van der Waals surface area (Å²) >= 11 is 16.4. The molecule has 0 aliphatic heterocycles. The molecule has 0 aromatic carbocycles. The normalized spacial score (nSPS) is 13.6. The maximum Gasteiger partial charge on any atom is 0.374 e. The Morgan fingerprint density at radius 3 is 2.69 bits per heavy atom. The van der Waals surface area contributed by atoms with Crippen molar-refractivity contribution in [2.24, 2.45) is 0 Å². The van der Waals surface area contributed by atoms with Gasteiger partial charge in [0.2, 0.25) is 9.55 Å². The molecule has 1 atom stereocenters. The number of carbonyl (C=O) groups excluding carboxylic acids is 1. The van der Waals surface area contributed by atoms with Crippen molar-refractivity contribution < 1.29 is 19.1 Å². The zero-order chi connectivity index (χ0) is 12.3. The van der Waals surface area contributed by atoms with E-state index >= 15 is 0 Å². The Morgan fingerprint density at radius 1 is 1.56 bits per heavy atom. The quantitative estimate of drug-likeness (QED) is 0.686. The van der Waals surface area contributed by atoms with E-state index in [1.807, 2.05) is 0 Å². The summed E-state index contributed by atoms with van der Waals surface area (Å²) in [5, 5.41) is 9.54. The molecule has 90 valence electrons. The fourth-order valence-electron chi connectivity index (χ4n) is 0.973. The molecule has 1 heterocycles. The molecule has 0 amide bonds. The second-order valence-electron chi connectivity index (χ2n) is 2.87. The Bertz CT molecular complexity index is 369. The van der Waals surface area contributed by atoms with Gasteiger partial charge in [0.1, 0.15) is 5.76 Å². The molecule has 16 heavy (non-hydrogen) atoms. The van der Waals surface area contributed by atoms with Gasteiger partial charge in [0.25, 0.3) is 0 Å². The number of alkyl halides is 3. The van der Waals surface area contributed by atoms with Gasteiger partial charge >= 0.3 is 5.97 Å². The summed E-state index contributed by atoms with van der Waals surface area (Å²) in [5.41, 5.74) is 0. The zero-order valence-electron chi connectivity index (χ0n) is 8.25. The van der Waals surface area contributed by atoms with Crippen LogP contribution >= 0.6 is 34.8 Å². The first-order valence-corrected chi connectivity index (χ1v) is 5.51. The second kappa shape index (κ2) is 5.27. The van der Waals surface area contributed by atoms with Crippen molar-refractivity contribution in [2.45, 2.75) is 16.8 Å². The number of carbonyl (C=O) groups is 1. The van der Waals surface area contributed by atoms with Crippen LogP contribution in [0.25, 0.3) is 0 Å². The molecule has 0 aliphatic carbocycles. The van der Waals surface area contributed by atoms with Crippen molar-refractivity contribution in [3.63, 3.8) is 0 Å². The van der Waals surface area contributed by atoms with Gasteiger partial charge in [-0.05, 0) is 19.1 Å². The van der Waals surface area contributed by atoms with Gasteiger partial charge in [-0.25, -0.2) is 4.79 Å². The number of furan rings is 1. The van der Waals surface area contributed by atoms with Crippen LogP contribution in [0, 0.1) is 0 Å². The number of aliphatic hydroxyl groups is 1. The lowest BCUT2D eigenvalue weighted by Crippen LogP contribution is -2.15. The average molecular weight is 288 g/mol. The van der Waals surface area contributed by atoms with Crippen LogP contribution in [0.5, 0.6) is 0 Å². The minimum Gasteiger partial charge on any atom is -0.460 e. The molecular weight excluding hydrogens is 278 g/mol. The summed E-state index contributed by atoms with van der Waals surface area (Å²) in [5.74, 6) is -0.696. The first kappa shape index (κ1) is 13.6. The van der Waals surface area contributed by atoms with Gasteiger partial charge < -0.3 is 14.3 Å². The highest BCUT2D eigenvalue weighted by atomic mass is 35.6. The van der Waals surface area contributed by atoms with Gasteiger partial charge in [-0.1, -0.05) is 34.8 Å². The summed E-state index contributed by atoms with van der Waals surface area (Å²) in [4.78, 5) is 11.2. The molecule has 1 rings (SSSR count). The Kier molecular flexibility index (Phi) is 4.50. The SMILES string of the molecule is CCOC(=O)c1ccc([C@H](O)C(Cl)(Cl)Cl)o1. The third-order valence-corrected chi connectivity index (χ3v) is 2.30. The molecule has 0 saturated carbocycles. The van der Waals surface area contributed by atoms with E-state index in [2.05, 4.69) is 0 Å². The highest BCUT2D eigenvalue weighted by molar-refractivity contribution is 6.67. The first-order chi connectivity index (χ1) is 7.36. The van der Waals surface area contributed by atoms with Crippen LogP contribution in [-0.4, -0.2) is 21.5 Å². The molecule has 0 aliphatic rings. The van der Waals surface area contributed by atoms with Gasteiger partial charge in [0.05, 0.1) is 6.61 Å². The fraction of sp³-hybridized carbons (Fsp3) is 0.444. The van der Waals surface area contributed by atoms with Crippen LogP contribution in [0.2, 0.25) is 0 Å². The van der Waals surface area contributed by atoms with Crippen LogP contribution in [-0.2, 0) is 4.74 Å². The third-order valence-electron chi connectivity index (χ3n) is 1.68. The number of hydrogen-bond acceptors (Lipinski definition) is 4. The molecule has 1 aromatic rings. The number of hydrogen-bond donors (Lipinski definition) is 1. The highest BCUT2D eigenvalue weighted by Crippen LogP contribution is 2.40. The predicted octanol–water partition coefficient (Wildman–Crippen LogP) is 2.86. The van der Waals surface area contributed by atoms with E-state index in [1.54, 1.807) is 6.92 Å². The molecule has 0 fully saturated rings. The van der Waals surface area contributed by atoms with Crippen molar-refractivity contribution in [2.75, 3.05) is 6.61 Å². The third kappa shape index (κ3) is 3.28. The summed E-state index contributed by atoms with van der Waals surface area (Å²) < 4.78 is 7.79. The molecule has 0 saturated heterocycles. The van der Waals surface area contributed by atoms with Crippen molar-refractivity contribution in [1.82, 2.24) is 0 Å². The summed E-state index contributed by atoms with van der Waals surface area (Å²) in [6.45, 7) is 1.89. The number of ether oxygens (including phenoxy) is 1. The number of esters is 1. The molecule has 1 aromatic heterocycles. The highest BCUT2D eigenvalue weighted by Gasteiger charge is 2.35. The number of halogens is 3. The zero-order valence-corrected chi connectivity index (χ0v) is 10.5. The van der Waals surface area contributed by atoms with Crippen molar-refractivity contribution >= 4 is 40.8 Å². The minimum atomic E-state index is -1.91. The largest absolute Gasteiger partial charge is 0.460 e. The van der Waals surface area contributed by atoms with Gasteiger partial charge in [-0.15, -0.1) is 0 Å². The summed E-state index contributed by atoms with van der Waals surface area (Å²) in [6, 6.07) is 2.69. The molecule has 7 heteroatoms. The number of rotatable bonds is 3. The molecule has 0 radical (unpaired) electrons. The molecule has 1 N–H and O–H groups in total.